The van der Waals surface area contributed by atoms with Crippen LogP contribution in [0.2, 0.25) is 0 Å². The fourth-order valence-corrected chi connectivity index (χ4v) is 1.92. The lowest BCUT2D eigenvalue weighted by molar-refractivity contribution is -0.132. The van der Waals surface area contributed by atoms with Gasteiger partial charge in [0.1, 0.15) is 0 Å². The van der Waals surface area contributed by atoms with E-state index in [0.717, 1.165) is 12.8 Å². The molecule has 0 rings (SSSR count). The molecule has 1 N–H and O–H groups in total. The number of carbonyl (C=O) groups is 1. The summed E-state index contributed by atoms with van der Waals surface area (Å²) < 4.78 is 0. The molecule has 0 spiro atoms. The Morgan fingerprint density at radius 2 is 1.81 bits per heavy atom. The van der Waals surface area contributed by atoms with E-state index in [1.807, 2.05) is 0 Å². The highest BCUT2D eigenvalue weighted by Gasteiger charge is 2.12. The molecular formula is C14H26O2. The second-order valence-electron chi connectivity index (χ2n) is 4.59. The van der Waals surface area contributed by atoms with E-state index in [-0.39, 0.29) is 0 Å². The summed E-state index contributed by atoms with van der Waals surface area (Å²) >= 11 is 0. The van der Waals surface area contributed by atoms with E-state index < -0.39 is 5.97 Å². The minimum atomic E-state index is -0.843. The van der Waals surface area contributed by atoms with Crippen LogP contribution in [0.15, 0.2) is 12.2 Å². The van der Waals surface area contributed by atoms with Crippen molar-refractivity contribution >= 4 is 5.97 Å². The molecule has 2 nitrogen and oxygen atoms in total. The van der Waals surface area contributed by atoms with E-state index >= 15 is 0 Å². The molecule has 0 aromatic heterocycles. The molecule has 0 aromatic carbocycles. The molecule has 0 saturated heterocycles. The van der Waals surface area contributed by atoms with Gasteiger partial charge in [-0.2, -0.15) is 0 Å². The van der Waals surface area contributed by atoms with Gasteiger partial charge in [0.2, 0.25) is 0 Å². The first-order chi connectivity index (χ1) is 7.61. The average Bonchev–Trinajstić information content (AvgIpc) is 2.26. The summed E-state index contributed by atoms with van der Waals surface area (Å²) in [6, 6.07) is 0. The monoisotopic (exact) mass is 226 g/mol. The van der Waals surface area contributed by atoms with Gasteiger partial charge in [0.25, 0.3) is 0 Å². The number of hydrogen-bond donors (Lipinski definition) is 1. The van der Waals surface area contributed by atoms with Crippen LogP contribution in [0.5, 0.6) is 0 Å². The van der Waals surface area contributed by atoms with Crippen LogP contribution in [0, 0.1) is 5.92 Å². The number of carboxylic acids is 1. The first-order valence-electron chi connectivity index (χ1n) is 6.52. The second kappa shape index (κ2) is 9.44. The summed E-state index contributed by atoms with van der Waals surface area (Å²) in [7, 11) is 0. The fraction of sp³-hybridized carbons (Fsp3) is 0.786. The molecule has 0 fully saturated rings. The number of hydrogen-bond acceptors (Lipinski definition) is 1. The summed E-state index contributed by atoms with van der Waals surface area (Å²) in [4.78, 5) is 10.7. The lowest BCUT2D eigenvalue weighted by Gasteiger charge is -2.14. The highest BCUT2D eigenvalue weighted by molar-refractivity contribution is 5.85. The van der Waals surface area contributed by atoms with Gasteiger partial charge in [-0.05, 0) is 12.3 Å². The van der Waals surface area contributed by atoms with Gasteiger partial charge in [0.05, 0.1) is 0 Å². The summed E-state index contributed by atoms with van der Waals surface area (Å²) in [6.07, 6.45) is 9.26. The zero-order valence-electron chi connectivity index (χ0n) is 10.8. The van der Waals surface area contributed by atoms with Gasteiger partial charge in [-0.3, -0.25) is 0 Å². The SMILES string of the molecule is C=C(CC(CC)CCCCCCC)C(=O)O. The zero-order chi connectivity index (χ0) is 12.4. The fourth-order valence-electron chi connectivity index (χ4n) is 1.92. The smallest absolute Gasteiger partial charge is 0.330 e. The summed E-state index contributed by atoms with van der Waals surface area (Å²) in [5.41, 5.74) is 0.361. The molecule has 94 valence electrons. The summed E-state index contributed by atoms with van der Waals surface area (Å²) in [5, 5.41) is 8.77. The Kier molecular flexibility index (Phi) is 8.97. The molecule has 0 aliphatic rings. The minimum Gasteiger partial charge on any atom is -0.478 e. The molecule has 0 aliphatic carbocycles. The maximum atomic E-state index is 10.7. The summed E-state index contributed by atoms with van der Waals surface area (Å²) in [5.74, 6) is -0.338. The summed E-state index contributed by atoms with van der Waals surface area (Å²) in [6.45, 7) is 7.94. The molecule has 0 amide bonds. The molecule has 1 unspecified atom stereocenters. The molecule has 0 bridgehead atoms. The van der Waals surface area contributed by atoms with Gasteiger partial charge in [0, 0.05) is 5.57 Å². The number of carboxylic acid groups (broad SMARTS) is 1. The maximum absolute atomic E-state index is 10.7. The van der Waals surface area contributed by atoms with Crippen LogP contribution in [0.3, 0.4) is 0 Å². The van der Waals surface area contributed by atoms with Crippen LogP contribution < -0.4 is 0 Å². The number of rotatable bonds is 10. The first kappa shape index (κ1) is 15.2. The molecule has 2 heteroatoms. The minimum absolute atomic E-state index is 0.361. The lowest BCUT2D eigenvalue weighted by Crippen LogP contribution is -2.06. The number of aliphatic carboxylic acids is 1. The topological polar surface area (TPSA) is 37.3 Å². The van der Waals surface area contributed by atoms with Gasteiger partial charge < -0.3 is 5.11 Å². The Morgan fingerprint density at radius 1 is 1.19 bits per heavy atom. The first-order valence-corrected chi connectivity index (χ1v) is 6.52. The van der Waals surface area contributed by atoms with Crippen LogP contribution >= 0.6 is 0 Å². The van der Waals surface area contributed by atoms with E-state index in [1.54, 1.807) is 0 Å². The van der Waals surface area contributed by atoms with Crippen molar-refractivity contribution in [3.8, 4) is 0 Å². The van der Waals surface area contributed by atoms with Crippen LogP contribution in [-0.2, 0) is 4.79 Å². The molecule has 16 heavy (non-hydrogen) atoms. The van der Waals surface area contributed by atoms with E-state index in [4.69, 9.17) is 5.11 Å². The van der Waals surface area contributed by atoms with Crippen LogP contribution in [-0.4, -0.2) is 11.1 Å². The van der Waals surface area contributed by atoms with Crippen molar-refractivity contribution in [1.29, 1.82) is 0 Å². The standard InChI is InChI=1S/C14H26O2/c1-4-6-7-8-9-10-13(5-2)11-12(3)14(15)16/h13H,3-11H2,1-2H3,(H,15,16). The molecule has 0 aromatic rings. The maximum Gasteiger partial charge on any atom is 0.330 e. The van der Waals surface area contributed by atoms with Crippen molar-refractivity contribution in [2.45, 2.75) is 65.2 Å². The zero-order valence-corrected chi connectivity index (χ0v) is 10.8. The van der Waals surface area contributed by atoms with Crippen LogP contribution in [0.1, 0.15) is 65.2 Å². The van der Waals surface area contributed by atoms with Gasteiger partial charge in [-0.1, -0.05) is 65.4 Å². The molecule has 0 heterocycles. The Morgan fingerprint density at radius 3 is 2.31 bits per heavy atom. The third kappa shape index (κ3) is 7.49. The van der Waals surface area contributed by atoms with E-state index in [9.17, 15) is 4.79 Å². The number of unbranched alkanes of at least 4 members (excludes halogenated alkanes) is 4. The molecule has 0 radical (unpaired) electrons. The third-order valence-electron chi connectivity index (χ3n) is 3.13. The van der Waals surface area contributed by atoms with Gasteiger partial charge in [0.15, 0.2) is 0 Å². The van der Waals surface area contributed by atoms with E-state index in [1.165, 1.54) is 32.1 Å². The van der Waals surface area contributed by atoms with Crippen LogP contribution in [0.4, 0.5) is 0 Å². The van der Waals surface area contributed by atoms with Gasteiger partial charge in [-0.15, -0.1) is 0 Å². The molecule has 1 atom stereocenters. The highest BCUT2D eigenvalue weighted by atomic mass is 16.4. The Balaban J connectivity index is 3.67. The van der Waals surface area contributed by atoms with E-state index in [2.05, 4.69) is 20.4 Å². The quantitative estimate of drug-likeness (QED) is 0.442. The van der Waals surface area contributed by atoms with Crippen molar-refractivity contribution in [3.05, 3.63) is 12.2 Å². The highest BCUT2D eigenvalue weighted by Crippen LogP contribution is 2.21. The average molecular weight is 226 g/mol. The molecular weight excluding hydrogens is 200 g/mol. The van der Waals surface area contributed by atoms with Crippen molar-refractivity contribution in [2.24, 2.45) is 5.92 Å². The largest absolute Gasteiger partial charge is 0.478 e. The Bertz CT molecular complexity index is 209. The predicted octanol–water partition coefficient (Wildman–Crippen LogP) is 4.40. The third-order valence-corrected chi connectivity index (χ3v) is 3.13. The van der Waals surface area contributed by atoms with Gasteiger partial charge in [-0.25, -0.2) is 4.79 Å². The predicted molar refractivity (Wildman–Crippen MR) is 68.5 cm³/mol. The van der Waals surface area contributed by atoms with Crippen molar-refractivity contribution in [1.82, 2.24) is 0 Å². The van der Waals surface area contributed by atoms with E-state index in [0.29, 0.717) is 17.9 Å². The van der Waals surface area contributed by atoms with Crippen molar-refractivity contribution in [2.75, 3.05) is 0 Å². The van der Waals surface area contributed by atoms with Crippen molar-refractivity contribution < 1.29 is 9.90 Å². The lowest BCUT2D eigenvalue weighted by atomic mass is 9.92. The molecule has 0 aliphatic heterocycles. The van der Waals surface area contributed by atoms with Gasteiger partial charge >= 0.3 is 5.97 Å². The Hall–Kier alpha value is -0.790. The van der Waals surface area contributed by atoms with Crippen molar-refractivity contribution in [3.63, 3.8) is 0 Å². The van der Waals surface area contributed by atoms with Crippen LogP contribution in [0.25, 0.3) is 0 Å². The Labute approximate surface area is 99.7 Å². The molecule has 0 saturated carbocycles. The normalized spacial score (nSPS) is 12.4. The second-order valence-corrected chi connectivity index (χ2v) is 4.59.